The Morgan fingerprint density at radius 3 is 2.08 bits per heavy atom. The first-order valence-electron chi connectivity index (χ1n) is 3.65. The van der Waals surface area contributed by atoms with Crippen LogP contribution < -0.4 is 0 Å². The molecule has 0 nitrogen and oxygen atoms in total. The van der Waals surface area contributed by atoms with Crippen molar-refractivity contribution in [3.63, 3.8) is 0 Å². The van der Waals surface area contributed by atoms with Gasteiger partial charge in [0.2, 0.25) is 6.43 Å². The topological polar surface area (TPSA) is 0 Å². The molecule has 1 aromatic rings. The van der Waals surface area contributed by atoms with Crippen LogP contribution in [0.5, 0.6) is 0 Å². The monoisotopic (exact) mass is 190 g/mol. The molecule has 0 aliphatic rings. The Bertz CT molecular complexity index is 243. The Balaban J connectivity index is 2.82. The molecule has 1 atom stereocenters. The second-order valence-corrected chi connectivity index (χ2v) is 3.11. The second kappa shape index (κ2) is 3.85. The van der Waals surface area contributed by atoms with Crippen LogP contribution in [0, 0.1) is 0 Å². The quantitative estimate of drug-likeness (QED) is 0.667. The predicted octanol–water partition coefficient (Wildman–Crippen LogP) is 3.71. The highest BCUT2D eigenvalue weighted by atomic mass is 35.5. The van der Waals surface area contributed by atoms with Crippen LogP contribution in [0.1, 0.15) is 18.4 Å². The highest BCUT2D eigenvalue weighted by molar-refractivity contribution is 6.30. The van der Waals surface area contributed by atoms with Gasteiger partial charge >= 0.3 is 0 Å². The second-order valence-electron chi connectivity index (χ2n) is 2.67. The van der Waals surface area contributed by atoms with Gasteiger partial charge in [-0.15, -0.1) is 0 Å². The summed E-state index contributed by atoms with van der Waals surface area (Å²) in [5.74, 6) is -0.720. The zero-order valence-electron chi connectivity index (χ0n) is 6.60. The molecule has 0 unspecified atom stereocenters. The zero-order valence-corrected chi connectivity index (χ0v) is 7.35. The van der Waals surface area contributed by atoms with E-state index in [1.807, 2.05) is 0 Å². The summed E-state index contributed by atoms with van der Waals surface area (Å²) in [6, 6.07) is 6.49. The van der Waals surface area contributed by atoms with Crippen LogP contribution in [0.2, 0.25) is 5.02 Å². The van der Waals surface area contributed by atoms with E-state index in [2.05, 4.69) is 0 Å². The molecule has 0 aromatic heterocycles. The van der Waals surface area contributed by atoms with E-state index >= 15 is 0 Å². The number of rotatable bonds is 2. The van der Waals surface area contributed by atoms with Gasteiger partial charge in [0.1, 0.15) is 0 Å². The van der Waals surface area contributed by atoms with Crippen LogP contribution in [0.25, 0.3) is 0 Å². The van der Waals surface area contributed by atoms with Gasteiger partial charge < -0.3 is 0 Å². The van der Waals surface area contributed by atoms with E-state index in [1.165, 1.54) is 6.92 Å². The lowest BCUT2D eigenvalue weighted by atomic mass is 10.0. The molecule has 0 radical (unpaired) electrons. The SMILES string of the molecule is C[C@H](c1ccc(Cl)cc1)C(F)F. The molecular formula is C9H9ClF2. The maximum Gasteiger partial charge on any atom is 0.245 e. The van der Waals surface area contributed by atoms with E-state index in [-0.39, 0.29) is 0 Å². The summed E-state index contributed by atoms with van der Waals surface area (Å²) in [5, 5.41) is 0.570. The van der Waals surface area contributed by atoms with Gasteiger partial charge in [-0.2, -0.15) is 0 Å². The Morgan fingerprint density at radius 2 is 1.67 bits per heavy atom. The van der Waals surface area contributed by atoms with Crippen molar-refractivity contribution < 1.29 is 8.78 Å². The Hall–Kier alpha value is -0.630. The van der Waals surface area contributed by atoms with Gasteiger partial charge in [-0.3, -0.25) is 0 Å². The largest absolute Gasteiger partial charge is 0.245 e. The van der Waals surface area contributed by atoms with Gasteiger partial charge in [-0.1, -0.05) is 30.7 Å². The molecule has 0 aliphatic carbocycles. The Kier molecular flexibility index (Phi) is 3.04. The van der Waals surface area contributed by atoms with Crippen molar-refractivity contribution in [3.8, 4) is 0 Å². The van der Waals surface area contributed by atoms with Crippen LogP contribution in [-0.2, 0) is 0 Å². The van der Waals surface area contributed by atoms with Crippen molar-refractivity contribution >= 4 is 11.6 Å². The van der Waals surface area contributed by atoms with E-state index in [4.69, 9.17) is 11.6 Å². The molecule has 0 fully saturated rings. The molecule has 0 bridgehead atoms. The molecule has 0 saturated carbocycles. The van der Waals surface area contributed by atoms with Gasteiger partial charge in [-0.25, -0.2) is 8.78 Å². The smallest absolute Gasteiger partial charge is 0.210 e. The van der Waals surface area contributed by atoms with Crippen LogP contribution in [0.15, 0.2) is 24.3 Å². The number of halogens is 3. The summed E-state index contributed by atoms with van der Waals surface area (Å²) in [5.41, 5.74) is 0.620. The van der Waals surface area contributed by atoms with E-state index in [1.54, 1.807) is 24.3 Å². The molecular weight excluding hydrogens is 182 g/mol. The molecule has 0 N–H and O–H groups in total. The first-order chi connectivity index (χ1) is 5.61. The minimum absolute atomic E-state index is 0.570. The number of hydrogen-bond donors (Lipinski definition) is 0. The zero-order chi connectivity index (χ0) is 9.14. The van der Waals surface area contributed by atoms with Gasteiger partial charge in [-0.05, 0) is 17.7 Å². The third kappa shape index (κ3) is 2.18. The summed E-state index contributed by atoms with van der Waals surface area (Å²) in [4.78, 5) is 0. The highest BCUT2D eigenvalue weighted by Crippen LogP contribution is 2.23. The van der Waals surface area contributed by atoms with Crippen molar-refractivity contribution in [2.45, 2.75) is 19.3 Å². The minimum Gasteiger partial charge on any atom is -0.210 e. The van der Waals surface area contributed by atoms with E-state index < -0.39 is 12.3 Å². The van der Waals surface area contributed by atoms with Crippen LogP contribution in [-0.4, -0.2) is 6.43 Å². The van der Waals surface area contributed by atoms with Gasteiger partial charge in [0.15, 0.2) is 0 Å². The van der Waals surface area contributed by atoms with Crippen molar-refractivity contribution in [3.05, 3.63) is 34.9 Å². The van der Waals surface area contributed by atoms with Crippen LogP contribution >= 0.6 is 11.6 Å². The average Bonchev–Trinajstić information content (AvgIpc) is 2.04. The molecule has 3 heteroatoms. The highest BCUT2D eigenvalue weighted by Gasteiger charge is 2.15. The lowest BCUT2D eigenvalue weighted by Gasteiger charge is -2.09. The molecule has 0 aliphatic heterocycles. The van der Waals surface area contributed by atoms with Crippen molar-refractivity contribution in [1.29, 1.82) is 0 Å². The fourth-order valence-corrected chi connectivity index (χ4v) is 1.04. The standard InChI is InChI=1S/C9H9ClF2/c1-6(9(11)12)7-2-4-8(10)5-3-7/h2-6,9H,1H3/t6-/m1/s1. The summed E-state index contributed by atoms with van der Waals surface area (Å²) in [7, 11) is 0. The minimum atomic E-state index is -2.31. The first-order valence-corrected chi connectivity index (χ1v) is 4.02. The van der Waals surface area contributed by atoms with Crippen LogP contribution in [0.4, 0.5) is 8.78 Å². The van der Waals surface area contributed by atoms with Gasteiger partial charge in [0.25, 0.3) is 0 Å². The Morgan fingerprint density at radius 1 is 1.17 bits per heavy atom. The first kappa shape index (κ1) is 9.46. The predicted molar refractivity (Wildman–Crippen MR) is 45.9 cm³/mol. The maximum atomic E-state index is 12.2. The molecule has 0 spiro atoms. The van der Waals surface area contributed by atoms with Gasteiger partial charge in [0, 0.05) is 10.9 Å². The van der Waals surface area contributed by atoms with Crippen LogP contribution in [0.3, 0.4) is 0 Å². The summed E-state index contributed by atoms with van der Waals surface area (Å²) in [6.07, 6.45) is -2.31. The third-order valence-corrected chi connectivity index (χ3v) is 2.03. The maximum absolute atomic E-state index is 12.2. The van der Waals surface area contributed by atoms with E-state index in [0.29, 0.717) is 10.6 Å². The average molecular weight is 191 g/mol. The summed E-state index contributed by atoms with van der Waals surface area (Å²) < 4.78 is 24.4. The molecule has 0 saturated heterocycles. The molecule has 1 rings (SSSR count). The molecule has 66 valence electrons. The van der Waals surface area contributed by atoms with Crippen molar-refractivity contribution in [2.24, 2.45) is 0 Å². The molecule has 1 aromatic carbocycles. The third-order valence-electron chi connectivity index (χ3n) is 1.77. The summed E-state index contributed by atoms with van der Waals surface area (Å²) in [6.45, 7) is 1.49. The summed E-state index contributed by atoms with van der Waals surface area (Å²) >= 11 is 5.61. The van der Waals surface area contributed by atoms with Crippen molar-refractivity contribution in [2.75, 3.05) is 0 Å². The fraction of sp³-hybridized carbons (Fsp3) is 0.333. The lowest BCUT2D eigenvalue weighted by molar-refractivity contribution is 0.121. The van der Waals surface area contributed by atoms with E-state index in [0.717, 1.165) is 0 Å². The lowest BCUT2D eigenvalue weighted by Crippen LogP contribution is -2.03. The number of hydrogen-bond acceptors (Lipinski definition) is 0. The number of alkyl halides is 2. The van der Waals surface area contributed by atoms with Crippen molar-refractivity contribution in [1.82, 2.24) is 0 Å². The van der Waals surface area contributed by atoms with E-state index in [9.17, 15) is 8.78 Å². The molecule has 0 amide bonds. The van der Waals surface area contributed by atoms with Gasteiger partial charge in [0.05, 0.1) is 0 Å². The Labute approximate surface area is 75.2 Å². The molecule has 12 heavy (non-hydrogen) atoms. The molecule has 0 heterocycles. The fourth-order valence-electron chi connectivity index (χ4n) is 0.912. The number of benzene rings is 1. The normalized spacial score (nSPS) is 13.4.